The highest BCUT2D eigenvalue weighted by Gasteiger charge is 2.17. The monoisotopic (exact) mass is 318 g/mol. The van der Waals surface area contributed by atoms with Crippen LogP contribution in [0.1, 0.15) is 6.92 Å². The van der Waals surface area contributed by atoms with Gasteiger partial charge in [-0.15, -0.1) is 16.4 Å². The Morgan fingerprint density at radius 2 is 2.10 bits per heavy atom. The lowest BCUT2D eigenvalue weighted by molar-refractivity contribution is -0.143. The third kappa shape index (κ3) is 3.11. The lowest BCUT2D eigenvalue weighted by Gasteiger charge is -2.04. The SMILES string of the molecule is CC(=O)On1nnnc1-c1ccsc1Sc1ccccc1. The third-order valence-electron chi connectivity index (χ3n) is 2.48. The van der Waals surface area contributed by atoms with Crippen LogP contribution in [0.3, 0.4) is 0 Å². The highest BCUT2D eigenvalue weighted by Crippen LogP contribution is 2.38. The number of hydrogen-bond acceptors (Lipinski definition) is 7. The average molecular weight is 318 g/mol. The van der Waals surface area contributed by atoms with Crippen molar-refractivity contribution in [2.75, 3.05) is 0 Å². The Labute approximate surface area is 128 Å². The molecule has 3 rings (SSSR count). The largest absolute Gasteiger partial charge is 0.332 e. The normalized spacial score (nSPS) is 10.5. The van der Waals surface area contributed by atoms with E-state index in [-0.39, 0.29) is 0 Å². The summed E-state index contributed by atoms with van der Waals surface area (Å²) in [4.78, 5) is 18.2. The number of carbonyl (C=O) groups excluding carboxylic acids is 1. The van der Waals surface area contributed by atoms with Gasteiger partial charge in [0.05, 0.1) is 4.21 Å². The fourth-order valence-electron chi connectivity index (χ4n) is 1.66. The molecule has 0 saturated carbocycles. The van der Waals surface area contributed by atoms with Gasteiger partial charge in [0, 0.05) is 17.4 Å². The second-order valence-electron chi connectivity index (χ2n) is 4.00. The Hall–Kier alpha value is -2.19. The number of tetrazole rings is 1. The summed E-state index contributed by atoms with van der Waals surface area (Å²) in [5.41, 5.74) is 0.833. The summed E-state index contributed by atoms with van der Waals surface area (Å²) in [5, 5.41) is 13.1. The fraction of sp³-hybridized carbons (Fsp3) is 0.0769. The Morgan fingerprint density at radius 1 is 1.29 bits per heavy atom. The molecule has 0 saturated heterocycles. The van der Waals surface area contributed by atoms with Crippen LogP contribution in [0, 0.1) is 0 Å². The first-order valence-electron chi connectivity index (χ1n) is 6.02. The summed E-state index contributed by atoms with van der Waals surface area (Å²) in [7, 11) is 0. The smallest absolute Gasteiger partial charge is 0.316 e. The summed E-state index contributed by atoms with van der Waals surface area (Å²) < 4.78 is 1.03. The fourth-order valence-corrected chi connectivity index (χ4v) is 3.69. The molecule has 0 aliphatic carbocycles. The van der Waals surface area contributed by atoms with E-state index in [4.69, 9.17) is 4.84 Å². The van der Waals surface area contributed by atoms with Crippen LogP contribution in [0.15, 0.2) is 50.9 Å². The molecule has 0 spiro atoms. The van der Waals surface area contributed by atoms with Gasteiger partial charge < -0.3 is 4.84 Å². The number of nitrogens with zero attached hydrogens (tertiary/aromatic N) is 4. The number of rotatable bonds is 4. The van der Waals surface area contributed by atoms with Crippen molar-refractivity contribution in [3.05, 3.63) is 41.8 Å². The third-order valence-corrected chi connectivity index (χ3v) is 4.64. The van der Waals surface area contributed by atoms with Crippen LogP contribution in [0.25, 0.3) is 11.4 Å². The Balaban J connectivity index is 1.92. The van der Waals surface area contributed by atoms with Crippen LogP contribution >= 0.6 is 23.1 Å². The van der Waals surface area contributed by atoms with Crippen LogP contribution in [0.4, 0.5) is 0 Å². The lowest BCUT2D eigenvalue weighted by Crippen LogP contribution is -2.19. The first-order valence-corrected chi connectivity index (χ1v) is 7.71. The zero-order valence-corrected chi connectivity index (χ0v) is 12.6. The second kappa shape index (κ2) is 6.06. The molecule has 0 unspecified atom stereocenters. The summed E-state index contributed by atoms with van der Waals surface area (Å²) >= 11 is 3.20. The minimum atomic E-state index is -0.476. The van der Waals surface area contributed by atoms with Crippen molar-refractivity contribution in [1.29, 1.82) is 0 Å². The molecule has 106 valence electrons. The first kappa shape index (κ1) is 13.8. The van der Waals surface area contributed by atoms with Crippen molar-refractivity contribution >= 4 is 29.1 Å². The van der Waals surface area contributed by atoms with E-state index in [1.165, 1.54) is 6.92 Å². The lowest BCUT2D eigenvalue weighted by atomic mass is 10.3. The van der Waals surface area contributed by atoms with Crippen molar-refractivity contribution in [3.8, 4) is 11.4 Å². The van der Waals surface area contributed by atoms with Crippen LogP contribution in [-0.2, 0) is 4.79 Å². The number of carbonyl (C=O) groups is 1. The molecular weight excluding hydrogens is 308 g/mol. The molecule has 2 heterocycles. The van der Waals surface area contributed by atoms with E-state index in [1.54, 1.807) is 23.1 Å². The van der Waals surface area contributed by atoms with E-state index < -0.39 is 5.97 Å². The van der Waals surface area contributed by atoms with E-state index in [1.807, 2.05) is 41.8 Å². The van der Waals surface area contributed by atoms with Crippen molar-refractivity contribution in [2.45, 2.75) is 16.0 Å². The molecule has 6 nitrogen and oxygen atoms in total. The van der Waals surface area contributed by atoms with Crippen LogP contribution < -0.4 is 4.84 Å². The maximum absolute atomic E-state index is 11.1. The molecule has 0 aliphatic rings. The maximum atomic E-state index is 11.1. The number of benzene rings is 1. The summed E-state index contributed by atoms with van der Waals surface area (Å²) in [6, 6.07) is 11.9. The molecular formula is C13H10N4O2S2. The van der Waals surface area contributed by atoms with E-state index in [9.17, 15) is 4.79 Å². The van der Waals surface area contributed by atoms with Gasteiger partial charge in [0.15, 0.2) is 0 Å². The van der Waals surface area contributed by atoms with Gasteiger partial charge in [0.25, 0.3) is 0 Å². The van der Waals surface area contributed by atoms with Crippen molar-refractivity contribution in [2.24, 2.45) is 0 Å². The summed E-state index contributed by atoms with van der Waals surface area (Å²) in [6.07, 6.45) is 0. The summed E-state index contributed by atoms with van der Waals surface area (Å²) in [5.74, 6) is -0.0686. The average Bonchev–Trinajstić information content (AvgIpc) is 3.08. The highest BCUT2D eigenvalue weighted by atomic mass is 32.2. The van der Waals surface area contributed by atoms with Crippen molar-refractivity contribution < 1.29 is 9.63 Å². The van der Waals surface area contributed by atoms with Crippen molar-refractivity contribution in [1.82, 2.24) is 20.4 Å². The molecule has 3 aromatic rings. The van der Waals surface area contributed by atoms with E-state index >= 15 is 0 Å². The van der Waals surface area contributed by atoms with Crippen molar-refractivity contribution in [3.63, 3.8) is 0 Å². The molecule has 21 heavy (non-hydrogen) atoms. The van der Waals surface area contributed by atoms with E-state index in [0.29, 0.717) is 5.82 Å². The molecule has 0 aliphatic heterocycles. The van der Waals surface area contributed by atoms with Gasteiger partial charge in [0.1, 0.15) is 0 Å². The second-order valence-corrected chi connectivity index (χ2v) is 6.25. The molecule has 0 N–H and O–H groups in total. The standard InChI is InChI=1S/C13H10N4O2S2/c1-9(18)19-17-12(14-15-16-17)11-7-8-20-13(11)21-10-5-3-2-4-6-10/h2-8H,1H3. The Morgan fingerprint density at radius 3 is 2.86 bits per heavy atom. The highest BCUT2D eigenvalue weighted by molar-refractivity contribution is 8.01. The molecule has 8 heteroatoms. The van der Waals surface area contributed by atoms with Gasteiger partial charge in [-0.25, -0.2) is 4.79 Å². The molecule has 0 bridgehead atoms. The van der Waals surface area contributed by atoms with Gasteiger partial charge in [-0.05, 0) is 38.9 Å². The van der Waals surface area contributed by atoms with Crippen LogP contribution in [0.2, 0.25) is 0 Å². The maximum Gasteiger partial charge on any atom is 0.332 e. The summed E-state index contributed by atoms with van der Waals surface area (Å²) in [6.45, 7) is 1.30. The molecule has 0 fully saturated rings. The first-order chi connectivity index (χ1) is 10.2. The molecule has 1 aromatic carbocycles. The Kier molecular flexibility index (Phi) is 3.98. The molecule has 0 radical (unpaired) electrons. The zero-order valence-electron chi connectivity index (χ0n) is 11.0. The van der Waals surface area contributed by atoms with Gasteiger partial charge >= 0.3 is 5.97 Å². The number of hydrogen-bond donors (Lipinski definition) is 0. The molecule has 0 amide bonds. The Bertz CT molecular complexity index is 754. The molecule has 0 atom stereocenters. The van der Waals surface area contributed by atoms with Gasteiger partial charge in [-0.3, -0.25) is 0 Å². The predicted molar refractivity (Wildman–Crippen MR) is 79.0 cm³/mol. The number of thiophene rings is 1. The minimum absolute atomic E-state index is 0.407. The quantitative estimate of drug-likeness (QED) is 0.689. The predicted octanol–water partition coefficient (Wildman–Crippen LogP) is 2.53. The van der Waals surface area contributed by atoms with E-state index in [0.717, 1.165) is 19.5 Å². The molecule has 2 aromatic heterocycles. The minimum Gasteiger partial charge on any atom is -0.316 e. The van der Waals surface area contributed by atoms with Crippen LogP contribution in [0.5, 0.6) is 0 Å². The van der Waals surface area contributed by atoms with Gasteiger partial charge in [-0.2, -0.15) is 0 Å². The zero-order chi connectivity index (χ0) is 14.7. The van der Waals surface area contributed by atoms with Gasteiger partial charge in [0.2, 0.25) is 5.82 Å². The number of aromatic nitrogens is 4. The van der Waals surface area contributed by atoms with Crippen LogP contribution in [-0.4, -0.2) is 26.3 Å². The van der Waals surface area contributed by atoms with Gasteiger partial charge in [-0.1, -0.05) is 30.0 Å². The van der Waals surface area contributed by atoms with E-state index in [2.05, 4.69) is 15.5 Å². The topological polar surface area (TPSA) is 69.9 Å².